The Balaban J connectivity index is 0.00000162. The van der Waals surface area contributed by atoms with E-state index >= 15 is 0 Å². The highest BCUT2D eigenvalue weighted by atomic mass is 35.5. The van der Waals surface area contributed by atoms with Crippen molar-refractivity contribution in [3.05, 3.63) is 23.7 Å². The van der Waals surface area contributed by atoms with Crippen LogP contribution in [0.1, 0.15) is 41.8 Å². The molecule has 2 rings (SSSR count). The van der Waals surface area contributed by atoms with E-state index in [0.29, 0.717) is 18.2 Å². The van der Waals surface area contributed by atoms with Gasteiger partial charge in [0, 0.05) is 11.6 Å². The third kappa shape index (κ3) is 3.27. The third-order valence-corrected chi connectivity index (χ3v) is 3.60. The highest BCUT2D eigenvalue weighted by Crippen LogP contribution is 2.24. The molecule has 4 nitrogen and oxygen atoms in total. The molecule has 0 radical (unpaired) electrons. The van der Waals surface area contributed by atoms with Crippen molar-refractivity contribution >= 4 is 18.3 Å². The molecule has 18 heavy (non-hydrogen) atoms. The van der Waals surface area contributed by atoms with Crippen LogP contribution in [-0.4, -0.2) is 18.5 Å². The summed E-state index contributed by atoms with van der Waals surface area (Å²) in [4.78, 5) is 12.0. The van der Waals surface area contributed by atoms with Crippen LogP contribution in [0.4, 0.5) is 0 Å². The molecule has 1 aliphatic rings. The molecule has 1 amide bonds. The molecule has 0 saturated heterocycles. The Bertz CT molecular complexity index is 392. The average molecular weight is 273 g/mol. The molecule has 1 aromatic heterocycles. The number of nitrogens with two attached hydrogens (primary N) is 1. The summed E-state index contributed by atoms with van der Waals surface area (Å²) in [6, 6.07) is 2.00. The number of rotatable bonds is 3. The number of halogens is 1. The number of aryl methyl sites for hydroxylation is 1. The largest absolute Gasteiger partial charge is 0.459 e. The van der Waals surface area contributed by atoms with Crippen molar-refractivity contribution in [1.82, 2.24) is 5.32 Å². The predicted molar refractivity (Wildman–Crippen MR) is 73.0 cm³/mol. The summed E-state index contributed by atoms with van der Waals surface area (Å²) in [5.74, 6) is 0.715. The second kappa shape index (κ2) is 6.81. The number of hydrogen-bond donors (Lipinski definition) is 2. The van der Waals surface area contributed by atoms with E-state index in [9.17, 15) is 4.79 Å². The Morgan fingerprint density at radius 3 is 2.83 bits per heavy atom. The van der Waals surface area contributed by atoms with Crippen LogP contribution in [0.15, 0.2) is 16.7 Å². The molecule has 0 spiro atoms. The Labute approximate surface area is 114 Å². The van der Waals surface area contributed by atoms with Gasteiger partial charge in [0.25, 0.3) is 5.91 Å². The molecule has 5 heteroatoms. The maximum Gasteiger partial charge on any atom is 0.287 e. The summed E-state index contributed by atoms with van der Waals surface area (Å²) < 4.78 is 5.19. The fourth-order valence-electron chi connectivity index (χ4n) is 2.52. The van der Waals surface area contributed by atoms with E-state index in [1.54, 1.807) is 12.3 Å². The Morgan fingerprint density at radius 1 is 1.50 bits per heavy atom. The van der Waals surface area contributed by atoms with Crippen LogP contribution in [0.5, 0.6) is 0 Å². The molecular formula is C13H21ClN2O2. The second-order valence-corrected chi connectivity index (χ2v) is 4.79. The van der Waals surface area contributed by atoms with Gasteiger partial charge in [0.05, 0.1) is 6.26 Å². The van der Waals surface area contributed by atoms with E-state index in [1.165, 1.54) is 12.8 Å². The average Bonchev–Trinajstić information content (AvgIpc) is 2.76. The van der Waals surface area contributed by atoms with Gasteiger partial charge in [-0.3, -0.25) is 4.79 Å². The number of carbonyl (C=O) groups excluding carboxylic acids is 1. The smallest absolute Gasteiger partial charge is 0.287 e. The van der Waals surface area contributed by atoms with Crippen molar-refractivity contribution in [3.8, 4) is 0 Å². The molecule has 1 aromatic rings. The summed E-state index contributed by atoms with van der Waals surface area (Å²) in [6.07, 6.45) is 6.06. The predicted octanol–water partition coefficient (Wildman–Crippen LogP) is 2.26. The summed E-state index contributed by atoms with van der Waals surface area (Å²) in [5.41, 5.74) is 6.62. The van der Waals surface area contributed by atoms with Gasteiger partial charge in [0.1, 0.15) is 0 Å². The van der Waals surface area contributed by atoms with Gasteiger partial charge in [0.2, 0.25) is 0 Å². The minimum atomic E-state index is -0.113. The van der Waals surface area contributed by atoms with Gasteiger partial charge in [-0.2, -0.15) is 0 Å². The SMILES string of the molecule is Cc1ccoc1C(=O)NC1CCCCC1CN.Cl. The molecule has 1 saturated carbocycles. The van der Waals surface area contributed by atoms with Crippen molar-refractivity contribution in [2.45, 2.75) is 38.6 Å². The second-order valence-electron chi connectivity index (χ2n) is 4.79. The van der Waals surface area contributed by atoms with E-state index in [1.807, 2.05) is 6.92 Å². The third-order valence-electron chi connectivity index (χ3n) is 3.60. The van der Waals surface area contributed by atoms with Crippen molar-refractivity contribution in [2.24, 2.45) is 11.7 Å². The summed E-state index contributed by atoms with van der Waals surface area (Å²) in [7, 11) is 0. The van der Waals surface area contributed by atoms with Crippen molar-refractivity contribution in [2.75, 3.05) is 6.54 Å². The molecule has 1 aliphatic carbocycles. The Kier molecular flexibility index (Phi) is 5.69. The first-order chi connectivity index (χ1) is 8.22. The van der Waals surface area contributed by atoms with Crippen LogP contribution in [0, 0.1) is 12.8 Å². The zero-order valence-electron chi connectivity index (χ0n) is 10.6. The minimum absolute atomic E-state index is 0. The first-order valence-corrected chi connectivity index (χ1v) is 6.27. The van der Waals surface area contributed by atoms with Crippen LogP contribution in [0.2, 0.25) is 0 Å². The monoisotopic (exact) mass is 272 g/mol. The van der Waals surface area contributed by atoms with E-state index in [0.717, 1.165) is 18.4 Å². The van der Waals surface area contributed by atoms with Gasteiger partial charge in [0.15, 0.2) is 5.76 Å². The van der Waals surface area contributed by atoms with Crippen LogP contribution >= 0.6 is 12.4 Å². The Morgan fingerprint density at radius 2 is 2.22 bits per heavy atom. The standard InChI is InChI=1S/C13H20N2O2.ClH/c1-9-6-7-17-12(9)13(16)15-11-5-3-2-4-10(11)8-14;/h6-7,10-11H,2-5,8,14H2,1H3,(H,15,16);1H. The van der Waals surface area contributed by atoms with Gasteiger partial charge in [-0.25, -0.2) is 0 Å². The molecule has 1 heterocycles. The van der Waals surface area contributed by atoms with Gasteiger partial charge >= 0.3 is 0 Å². The number of furan rings is 1. The number of nitrogens with one attached hydrogen (secondary N) is 1. The van der Waals surface area contributed by atoms with Gasteiger partial charge in [-0.15, -0.1) is 12.4 Å². The molecule has 0 bridgehead atoms. The van der Waals surface area contributed by atoms with E-state index in [-0.39, 0.29) is 24.4 Å². The molecular weight excluding hydrogens is 252 g/mol. The molecule has 0 aromatic carbocycles. The number of hydrogen-bond acceptors (Lipinski definition) is 3. The normalized spacial score (nSPS) is 23.2. The minimum Gasteiger partial charge on any atom is -0.459 e. The topological polar surface area (TPSA) is 68.3 Å². The number of amides is 1. The summed E-state index contributed by atoms with van der Waals surface area (Å²) >= 11 is 0. The van der Waals surface area contributed by atoms with Crippen molar-refractivity contribution in [1.29, 1.82) is 0 Å². The van der Waals surface area contributed by atoms with Gasteiger partial charge < -0.3 is 15.5 Å². The molecule has 0 aliphatic heterocycles. The van der Waals surface area contributed by atoms with Crippen molar-refractivity contribution in [3.63, 3.8) is 0 Å². The van der Waals surface area contributed by atoms with E-state index < -0.39 is 0 Å². The number of carbonyl (C=O) groups is 1. The highest BCUT2D eigenvalue weighted by molar-refractivity contribution is 5.93. The lowest BCUT2D eigenvalue weighted by Crippen LogP contribution is -2.44. The molecule has 3 N–H and O–H groups in total. The molecule has 2 atom stereocenters. The molecule has 1 fully saturated rings. The fraction of sp³-hybridized carbons (Fsp3) is 0.615. The molecule has 102 valence electrons. The van der Waals surface area contributed by atoms with Crippen LogP contribution in [0.3, 0.4) is 0 Å². The van der Waals surface area contributed by atoms with Gasteiger partial charge in [-0.1, -0.05) is 12.8 Å². The van der Waals surface area contributed by atoms with Crippen molar-refractivity contribution < 1.29 is 9.21 Å². The highest BCUT2D eigenvalue weighted by Gasteiger charge is 2.26. The van der Waals surface area contributed by atoms with Crippen LogP contribution < -0.4 is 11.1 Å². The quantitative estimate of drug-likeness (QED) is 0.887. The lowest BCUT2D eigenvalue weighted by atomic mass is 9.84. The summed E-state index contributed by atoms with van der Waals surface area (Å²) in [6.45, 7) is 2.52. The zero-order valence-corrected chi connectivity index (χ0v) is 11.5. The first-order valence-electron chi connectivity index (χ1n) is 6.27. The van der Waals surface area contributed by atoms with E-state index in [4.69, 9.17) is 10.2 Å². The molecule has 2 unspecified atom stereocenters. The zero-order chi connectivity index (χ0) is 12.3. The van der Waals surface area contributed by atoms with Gasteiger partial charge in [-0.05, 0) is 38.3 Å². The Hall–Kier alpha value is -1.00. The summed E-state index contributed by atoms with van der Waals surface area (Å²) in [5, 5.41) is 3.05. The first kappa shape index (κ1) is 15.1. The lowest BCUT2D eigenvalue weighted by Gasteiger charge is -2.31. The van der Waals surface area contributed by atoms with E-state index in [2.05, 4.69) is 5.32 Å². The maximum atomic E-state index is 12.0. The lowest BCUT2D eigenvalue weighted by molar-refractivity contribution is 0.0879. The van der Waals surface area contributed by atoms with Crippen LogP contribution in [-0.2, 0) is 0 Å². The van der Waals surface area contributed by atoms with Crippen LogP contribution in [0.25, 0.3) is 0 Å². The fourth-order valence-corrected chi connectivity index (χ4v) is 2.52. The maximum absolute atomic E-state index is 12.0.